The molecule has 1 aromatic rings. The number of rotatable bonds is 2. The van der Waals surface area contributed by atoms with Crippen molar-refractivity contribution >= 4 is 55.0 Å². The third kappa shape index (κ3) is 2.89. The van der Waals surface area contributed by atoms with Crippen LogP contribution < -0.4 is 10.6 Å². The molecule has 0 saturated heterocycles. The van der Waals surface area contributed by atoms with Gasteiger partial charge >= 0.3 is 0 Å². The molecule has 0 fully saturated rings. The zero-order valence-corrected chi connectivity index (χ0v) is 14.7. The number of carbonyl (C=O) groups is 1. The van der Waals surface area contributed by atoms with Gasteiger partial charge in [0.15, 0.2) is 10.9 Å². The molecule has 0 aromatic heterocycles. The van der Waals surface area contributed by atoms with Crippen molar-refractivity contribution < 1.29 is 9.90 Å². The number of hydrogen-bond acceptors (Lipinski definition) is 3. The van der Waals surface area contributed by atoms with Crippen LogP contribution in [-0.4, -0.2) is 16.0 Å². The summed E-state index contributed by atoms with van der Waals surface area (Å²) in [6.07, 6.45) is 0. The minimum atomic E-state index is -0.477. The molecule has 2 rings (SSSR count). The average molecular weight is 420 g/mol. The highest BCUT2D eigenvalue weighted by Crippen LogP contribution is 2.39. The van der Waals surface area contributed by atoms with Gasteiger partial charge in [-0.2, -0.15) is 0 Å². The molecule has 0 spiro atoms. The minimum Gasteiger partial charge on any atom is -0.506 e. The summed E-state index contributed by atoms with van der Waals surface area (Å²) < 4.78 is 1.35. The van der Waals surface area contributed by atoms with Gasteiger partial charge in [-0.1, -0.05) is 15.9 Å². The number of hydrogen-bond donors (Lipinski definition) is 3. The van der Waals surface area contributed by atoms with E-state index in [4.69, 9.17) is 12.2 Å². The number of Topliss-reactive ketones (excluding diaryl/α,β-unsaturated/α-hetero) is 1. The van der Waals surface area contributed by atoms with Crippen LogP contribution in [0.3, 0.4) is 0 Å². The summed E-state index contributed by atoms with van der Waals surface area (Å²) in [7, 11) is 0. The maximum absolute atomic E-state index is 11.9. The van der Waals surface area contributed by atoms with Crippen LogP contribution in [0.5, 0.6) is 5.75 Å². The van der Waals surface area contributed by atoms with E-state index >= 15 is 0 Å². The summed E-state index contributed by atoms with van der Waals surface area (Å²) in [5, 5.41) is 16.6. The predicted molar refractivity (Wildman–Crippen MR) is 88.5 cm³/mol. The normalized spacial score (nSPS) is 18.6. The molecule has 1 atom stereocenters. The molecule has 1 aliphatic rings. The van der Waals surface area contributed by atoms with Crippen molar-refractivity contribution in [1.82, 2.24) is 10.6 Å². The van der Waals surface area contributed by atoms with Crippen molar-refractivity contribution in [2.24, 2.45) is 0 Å². The van der Waals surface area contributed by atoms with Crippen LogP contribution in [0.25, 0.3) is 0 Å². The Morgan fingerprint density at radius 3 is 2.65 bits per heavy atom. The van der Waals surface area contributed by atoms with E-state index in [2.05, 4.69) is 42.5 Å². The van der Waals surface area contributed by atoms with Gasteiger partial charge in [-0.05, 0) is 54.1 Å². The molecule has 7 heteroatoms. The van der Waals surface area contributed by atoms with Gasteiger partial charge in [0, 0.05) is 21.3 Å². The van der Waals surface area contributed by atoms with E-state index in [-0.39, 0.29) is 11.5 Å². The Kier molecular flexibility index (Phi) is 4.51. The number of aromatic hydroxyl groups is 1. The highest BCUT2D eigenvalue weighted by molar-refractivity contribution is 9.11. The second-order valence-electron chi connectivity index (χ2n) is 4.45. The van der Waals surface area contributed by atoms with Crippen LogP contribution in [0.15, 0.2) is 32.3 Å². The summed E-state index contributed by atoms with van der Waals surface area (Å²) in [4.78, 5) is 11.9. The number of allylic oxidation sites excluding steroid dienone is 1. The van der Waals surface area contributed by atoms with Gasteiger partial charge in [-0.15, -0.1) is 0 Å². The van der Waals surface area contributed by atoms with Crippen molar-refractivity contribution in [3.05, 3.63) is 37.9 Å². The lowest BCUT2D eigenvalue weighted by Crippen LogP contribution is -2.44. The Balaban J connectivity index is 2.63. The quantitative estimate of drug-likeness (QED) is 0.642. The van der Waals surface area contributed by atoms with Crippen LogP contribution in [-0.2, 0) is 4.79 Å². The van der Waals surface area contributed by atoms with Gasteiger partial charge in [0.1, 0.15) is 5.75 Å². The van der Waals surface area contributed by atoms with Crippen LogP contribution in [0.4, 0.5) is 0 Å². The van der Waals surface area contributed by atoms with Gasteiger partial charge in [0.2, 0.25) is 0 Å². The lowest BCUT2D eigenvalue weighted by molar-refractivity contribution is -0.114. The van der Waals surface area contributed by atoms with Crippen LogP contribution >= 0.6 is 44.1 Å². The Morgan fingerprint density at radius 1 is 1.40 bits per heavy atom. The van der Waals surface area contributed by atoms with E-state index in [9.17, 15) is 9.90 Å². The maximum atomic E-state index is 11.9. The van der Waals surface area contributed by atoms with Crippen molar-refractivity contribution in [2.45, 2.75) is 19.9 Å². The van der Waals surface area contributed by atoms with E-state index in [1.807, 2.05) is 0 Å². The van der Waals surface area contributed by atoms with Gasteiger partial charge in [0.05, 0.1) is 10.5 Å². The topological polar surface area (TPSA) is 61.4 Å². The fourth-order valence-corrected chi connectivity index (χ4v) is 3.73. The fourth-order valence-electron chi connectivity index (χ4n) is 2.20. The molecule has 20 heavy (non-hydrogen) atoms. The standard InChI is InChI=1S/C13H12Br2N2O2S/c1-5-10(6(2)18)11(17-13(20)16-5)8-3-7(14)4-9(15)12(8)19/h3-4,11,19H,1-2H3,(H2,16,17,20)/t11-/m0/s1. The number of phenols is 1. The first-order valence-corrected chi connectivity index (χ1v) is 7.77. The van der Waals surface area contributed by atoms with Crippen LogP contribution in [0.1, 0.15) is 25.5 Å². The molecule has 1 aliphatic heterocycles. The summed E-state index contributed by atoms with van der Waals surface area (Å²) in [6.45, 7) is 3.29. The van der Waals surface area contributed by atoms with Gasteiger partial charge in [-0.3, -0.25) is 4.79 Å². The number of thiocarbonyl (C=S) groups is 1. The molecule has 1 heterocycles. The van der Waals surface area contributed by atoms with E-state index in [1.165, 1.54) is 6.92 Å². The van der Waals surface area contributed by atoms with Crippen LogP contribution in [0.2, 0.25) is 0 Å². The zero-order chi connectivity index (χ0) is 15.0. The molecule has 106 valence electrons. The van der Waals surface area contributed by atoms with Crippen molar-refractivity contribution in [2.75, 3.05) is 0 Å². The third-order valence-corrected chi connectivity index (χ3v) is 4.30. The largest absolute Gasteiger partial charge is 0.506 e. The lowest BCUT2D eigenvalue weighted by Gasteiger charge is -2.30. The van der Waals surface area contributed by atoms with Crippen molar-refractivity contribution in [1.29, 1.82) is 0 Å². The maximum Gasteiger partial charge on any atom is 0.171 e. The second-order valence-corrected chi connectivity index (χ2v) is 6.63. The van der Waals surface area contributed by atoms with Crippen molar-refractivity contribution in [3.63, 3.8) is 0 Å². The number of carbonyl (C=O) groups excluding carboxylic acids is 1. The number of ketones is 1. The van der Waals surface area contributed by atoms with Gasteiger partial charge in [0.25, 0.3) is 0 Å². The van der Waals surface area contributed by atoms with E-state index in [0.717, 1.165) is 4.47 Å². The number of halogens is 2. The Bertz CT molecular complexity index is 644. The molecule has 4 nitrogen and oxygen atoms in total. The molecule has 3 N–H and O–H groups in total. The molecule has 0 amide bonds. The molecule has 0 bridgehead atoms. The summed E-state index contributed by atoms with van der Waals surface area (Å²) in [6, 6.07) is 3.03. The lowest BCUT2D eigenvalue weighted by atomic mass is 9.92. The summed E-state index contributed by atoms with van der Waals surface area (Å²) in [5.41, 5.74) is 1.83. The highest BCUT2D eigenvalue weighted by atomic mass is 79.9. The Hall–Kier alpha value is -0.920. The van der Waals surface area contributed by atoms with Gasteiger partial charge in [-0.25, -0.2) is 0 Å². The summed E-state index contributed by atoms with van der Waals surface area (Å²) in [5.74, 6) is 0.00690. The first-order chi connectivity index (χ1) is 9.31. The number of nitrogens with one attached hydrogen (secondary N) is 2. The highest BCUT2D eigenvalue weighted by Gasteiger charge is 2.30. The third-order valence-electron chi connectivity index (χ3n) is 3.02. The smallest absolute Gasteiger partial charge is 0.171 e. The minimum absolute atomic E-state index is 0.0782. The molecule has 0 unspecified atom stereocenters. The van der Waals surface area contributed by atoms with E-state index in [0.29, 0.717) is 26.4 Å². The second kappa shape index (κ2) is 5.83. The van der Waals surface area contributed by atoms with E-state index in [1.54, 1.807) is 19.1 Å². The Morgan fingerprint density at radius 2 is 2.05 bits per heavy atom. The molecular weight excluding hydrogens is 408 g/mol. The van der Waals surface area contributed by atoms with Crippen molar-refractivity contribution in [3.8, 4) is 5.75 Å². The average Bonchev–Trinajstić information content (AvgIpc) is 2.32. The number of benzene rings is 1. The summed E-state index contributed by atoms with van der Waals surface area (Å²) >= 11 is 11.8. The molecule has 1 aromatic carbocycles. The predicted octanol–water partition coefficient (Wildman–Crippen LogP) is 3.30. The van der Waals surface area contributed by atoms with Gasteiger partial charge < -0.3 is 15.7 Å². The molecule has 0 saturated carbocycles. The fraction of sp³-hybridized carbons (Fsp3) is 0.231. The van der Waals surface area contributed by atoms with Crippen LogP contribution in [0, 0.1) is 0 Å². The first-order valence-electron chi connectivity index (χ1n) is 5.78. The van der Waals surface area contributed by atoms with E-state index < -0.39 is 6.04 Å². The molecule has 0 aliphatic carbocycles. The number of phenolic OH excluding ortho intramolecular Hbond substituents is 1. The monoisotopic (exact) mass is 418 g/mol. The molecule has 0 radical (unpaired) electrons. The first kappa shape index (κ1) is 15.5. The Labute approximate surface area is 138 Å². The SMILES string of the molecule is CC(=O)C1=C(C)NC(=S)N[C@H]1c1cc(Br)cc(Br)c1O. The molecular formula is C13H12Br2N2O2S. The zero-order valence-electron chi connectivity index (χ0n) is 10.8.